The molecule has 0 bridgehead atoms. The van der Waals surface area contributed by atoms with Gasteiger partial charge in [-0.3, -0.25) is 0 Å². The number of aliphatic hydroxyl groups is 1. The lowest BCUT2D eigenvalue weighted by atomic mass is 9.80. The summed E-state index contributed by atoms with van der Waals surface area (Å²) in [6.45, 7) is 3.17. The van der Waals surface area contributed by atoms with Crippen molar-refractivity contribution in [2.75, 3.05) is 6.61 Å². The van der Waals surface area contributed by atoms with Crippen molar-refractivity contribution in [3.8, 4) is 5.75 Å². The molecule has 0 radical (unpaired) electrons. The highest BCUT2D eigenvalue weighted by Gasteiger charge is 2.32. The quantitative estimate of drug-likeness (QED) is 0.678. The highest BCUT2D eigenvalue weighted by atomic mass is 79.9. The van der Waals surface area contributed by atoms with E-state index in [4.69, 9.17) is 10.8 Å². The van der Waals surface area contributed by atoms with Gasteiger partial charge in [-0.05, 0) is 28.1 Å². The highest BCUT2D eigenvalue weighted by Crippen LogP contribution is 2.40. The predicted octanol–water partition coefficient (Wildman–Crippen LogP) is 1.87. The van der Waals surface area contributed by atoms with Crippen LogP contribution in [-0.2, 0) is 0 Å². The first-order valence-electron chi connectivity index (χ1n) is 5.33. The Morgan fingerprint density at radius 3 is 2.50 bits per heavy atom. The fourth-order valence-electron chi connectivity index (χ4n) is 1.57. The number of hydrogen-bond acceptors (Lipinski definition) is 4. The summed E-state index contributed by atoms with van der Waals surface area (Å²) in [4.78, 5) is 11.2. The van der Waals surface area contributed by atoms with Crippen molar-refractivity contribution in [1.82, 2.24) is 0 Å². The van der Waals surface area contributed by atoms with Gasteiger partial charge in [-0.1, -0.05) is 13.8 Å². The molecule has 1 aromatic carbocycles. The summed E-state index contributed by atoms with van der Waals surface area (Å²) in [5.41, 5.74) is 5.30. The summed E-state index contributed by atoms with van der Waals surface area (Å²) in [6.07, 6.45) is 0. The molecule has 0 amide bonds. The van der Waals surface area contributed by atoms with E-state index in [1.807, 2.05) is 0 Å². The molecule has 6 heteroatoms. The lowest BCUT2D eigenvalue weighted by Crippen LogP contribution is -2.33. The topological polar surface area (TPSA) is 104 Å². The maximum absolute atomic E-state index is 11.2. The number of phenolic OH excluding ortho intramolecular Hbond substituents is 1. The second-order valence-corrected chi connectivity index (χ2v) is 5.64. The number of phenols is 1. The number of carboxylic acids is 1. The van der Waals surface area contributed by atoms with Gasteiger partial charge in [0, 0.05) is 23.6 Å². The van der Waals surface area contributed by atoms with Gasteiger partial charge in [0.25, 0.3) is 0 Å². The molecule has 0 unspecified atom stereocenters. The Balaban J connectivity index is 3.46. The molecular formula is C12H16BrNO4. The van der Waals surface area contributed by atoms with Gasteiger partial charge in [-0.15, -0.1) is 0 Å². The zero-order valence-electron chi connectivity index (χ0n) is 10.1. The Morgan fingerprint density at radius 1 is 1.50 bits per heavy atom. The van der Waals surface area contributed by atoms with Crippen LogP contribution in [0, 0.1) is 5.41 Å². The molecule has 5 N–H and O–H groups in total. The molecular weight excluding hydrogens is 302 g/mol. The molecule has 0 saturated carbocycles. The molecule has 0 aromatic heterocycles. The van der Waals surface area contributed by atoms with E-state index in [2.05, 4.69) is 15.9 Å². The van der Waals surface area contributed by atoms with Crippen LogP contribution < -0.4 is 5.73 Å². The molecule has 0 aliphatic carbocycles. The molecule has 5 nitrogen and oxygen atoms in total. The molecule has 1 atom stereocenters. The molecule has 0 aliphatic rings. The molecule has 0 aliphatic heterocycles. The smallest absolute Gasteiger partial charge is 0.336 e. The van der Waals surface area contributed by atoms with Crippen LogP contribution in [0.5, 0.6) is 5.75 Å². The SMILES string of the molecule is CC(C)(CO)[C@H](N)c1c(C(=O)O)ccc(Br)c1O. The number of aromatic carboxylic acids is 1. The zero-order valence-corrected chi connectivity index (χ0v) is 11.7. The van der Waals surface area contributed by atoms with Crippen LogP contribution in [0.15, 0.2) is 16.6 Å². The van der Waals surface area contributed by atoms with Crippen LogP contribution in [0.2, 0.25) is 0 Å². The number of rotatable bonds is 4. The zero-order chi connectivity index (χ0) is 14.1. The standard InChI is InChI=1S/C12H16BrNO4/c1-12(2,5-15)10(14)8-6(11(17)18)3-4-7(13)9(8)16/h3-4,10,15-16H,5,14H2,1-2H3,(H,17,18)/t10-/m1/s1. The van der Waals surface area contributed by atoms with Crippen LogP contribution in [0.3, 0.4) is 0 Å². The Kier molecular flexibility index (Phi) is 4.37. The number of hydrogen-bond donors (Lipinski definition) is 4. The van der Waals surface area contributed by atoms with Gasteiger partial charge in [-0.25, -0.2) is 4.79 Å². The minimum Gasteiger partial charge on any atom is -0.506 e. The Hall–Kier alpha value is -1.11. The Labute approximate surface area is 113 Å². The number of halogens is 1. The molecule has 1 aromatic rings. The number of nitrogens with two attached hydrogens (primary N) is 1. The largest absolute Gasteiger partial charge is 0.506 e. The number of benzene rings is 1. The fourth-order valence-corrected chi connectivity index (χ4v) is 1.92. The molecule has 0 fully saturated rings. The van der Waals surface area contributed by atoms with Crippen LogP contribution in [0.4, 0.5) is 0 Å². The van der Waals surface area contributed by atoms with E-state index in [0.29, 0.717) is 4.47 Å². The van der Waals surface area contributed by atoms with E-state index in [-0.39, 0.29) is 23.5 Å². The van der Waals surface area contributed by atoms with E-state index in [1.165, 1.54) is 12.1 Å². The number of carboxylic acid groups (broad SMARTS) is 1. The second-order valence-electron chi connectivity index (χ2n) is 4.79. The van der Waals surface area contributed by atoms with Crippen molar-refractivity contribution in [3.63, 3.8) is 0 Å². The van der Waals surface area contributed by atoms with Crippen molar-refractivity contribution in [2.45, 2.75) is 19.9 Å². The van der Waals surface area contributed by atoms with Crippen LogP contribution in [0.1, 0.15) is 35.8 Å². The number of aliphatic hydroxyl groups excluding tert-OH is 1. The third-order valence-corrected chi connectivity index (χ3v) is 3.60. The van der Waals surface area contributed by atoms with Gasteiger partial charge < -0.3 is 21.1 Å². The summed E-state index contributed by atoms with van der Waals surface area (Å²) >= 11 is 3.13. The molecule has 100 valence electrons. The van der Waals surface area contributed by atoms with Gasteiger partial charge in [0.1, 0.15) is 5.75 Å². The van der Waals surface area contributed by atoms with Crippen molar-refractivity contribution in [1.29, 1.82) is 0 Å². The van der Waals surface area contributed by atoms with Gasteiger partial charge >= 0.3 is 5.97 Å². The summed E-state index contributed by atoms with van der Waals surface area (Å²) < 4.78 is 0.367. The highest BCUT2D eigenvalue weighted by molar-refractivity contribution is 9.10. The molecule has 1 rings (SSSR count). The summed E-state index contributed by atoms with van der Waals surface area (Å²) in [5.74, 6) is -1.37. The van der Waals surface area contributed by atoms with E-state index >= 15 is 0 Å². The van der Waals surface area contributed by atoms with Crippen LogP contribution in [-0.4, -0.2) is 27.9 Å². The van der Waals surface area contributed by atoms with Crippen molar-refractivity contribution in [3.05, 3.63) is 27.7 Å². The maximum Gasteiger partial charge on any atom is 0.336 e. The minimum absolute atomic E-state index is 0.0651. The minimum atomic E-state index is -1.17. The Bertz CT molecular complexity index is 473. The first kappa shape index (κ1) is 14.9. The first-order valence-corrected chi connectivity index (χ1v) is 6.12. The normalized spacial score (nSPS) is 13.4. The third kappa shape index (κ3) is 2.66. The number of carbonyl (C=O) groups is 1. The first-order chi connectivity index (χ1) is 8.22. The monoisotopic (exact) mass is 317 g/mol. The summed E-state index contributed by atoms with van der Waals surface area (Å²) in [6, 6.07) is 2.02. The lowest BCUT2D eigenvalue weighted by molar-refractivity contribution is 0.0690. The van der Waals surface area contributed by atoms with Crippen LogP contribution in [0.25, 0.3) is 0 Å². The van der Waals surface area contributed by atoms with Gasteiger partial charge in [0.2, 0.25) is 0 Å². The average molecular weight is 318 g/mol. The summed E-state index contributed by atoms with van der Waals surface area (Å²) in [5, 5.41) is 28.4. The van der Waals surface area contributed by atoms with Crippen molar-refractivity contribution in [2.24, 2.45) is 11.1 Å². The van der Waals surface area contributed by atoms with Gasteiger partial charge in [0.15, 0.2) is 0 Å². The van der Waals surface area contributed by atoms with E-state index in [0.717, 1.165) is 0 Å². The lowest BCUT2D eigenvalue weighted by Gasteiger charge is -2.31. The molecule has 0 heterocycles. The number of aromatic hydroxyl groups is 1. The van der Waals surface area contributed by atoms with E-state index in [9.17, 15) is 15.0 Å². The second kappa shape index (κ2) is 5.26. The van der Waals surface area contributed by atoms with Crippen molar-refractivity contribution < 1.29 is 20.1 Å². The van der Waals surface area contributed by atoms with E-state index in [1.54, 1.807) is 13.8 Å². The average Bonchev–Trinajstić information content (AvgIpc) is 2.31. The van der Waals surface area contributed by atoms with Crippen molar-refractivity contribution >= 4 is 21.9 Å². The third-order valence-electron chi connectivity index (χ3n) is 2.96. The predicted molar refractivity (Wildman–Crippen MR) is 70.6 cm³/mol. The summed E-state index contributed by atoms with van der Waals surface area (Å²) in [7, 11) is 0. The van der Waals surface area contributed by atoms with Gasteiger partial charge in [0.05, 0.1) is 10.0 Å². The molecule has 0 spiro atoms. The maximum atomic E-state index is 11.2. The Morgan fingerprint density at radius 2 is 2.06 bits per heavy atom. The molecule has 18 heavy (non-hydrogen) atoms. The van der Waals surface area contributed by atoms with E-state index < -0.39 is 17.4 Å². The fraction of sp³-hybridized carbons (Fsp3) is 0.417. The molecule has 0 saturated heterocycles. The van der Waals surface area contributed by atoms with Gasteiger partial charge in [-0.2, -0.15) is 0 Å². The van der Waals surface area contributed by atoms with Crippen LogP contribution >= 0.6 is 15.9 Å².